The predicted molar refractivity (Wildman–Crippen MR) is 138 cm³/mol. The van der Waals surface area contributed by atoms with Gasteiger partial charge in [0.1, 0.15) is 0 Å². The van der Waals surface area contributed by atoms with Crippen LogP contribution in [0.3, 0.4) is 0 Å². The number of nitrogens with two attached hydrogens (primary N) is 1. The Hall–Kier alpha value is -2.01. The van der Waals surface area contributed by atoms with E-state index in [0.29, 0.717) is 18.7 Å². The van der Waals surface area contributed by atoms with E-state index in [-0.39, 0.29) is 43.8 Å². The van der Waals surface area contributed by atoms with E-state index in [9.17, 15) is 23.1 Å². The summed E-state index contributed by atoms with van der Waals surface area (Å²) in [5.74, 6) is -0.677. The van der Waals surface area contributed by atoms with Gasteiger partial charge in [-0.1, -0.05) is 52.3 Å². The molecule has 2 amide bonds. The van der Waals surface area contributed by atoms with Gasteiger partial charge in [0.15, 0.2) is 0 Å². The Kier molecular flexibility index (Phi) is 10.3. The van der Waals surface area contributed by atoms with Crippen LogP contribution in [0.2, 0.25) is 0 Å². The molecule has 0 unspecified atom stereocenters. The van der Waals surface area contributed by atoms with E-state index < -0.39 is 27.6 Å². The van der Waals surface area contributed by atoms with Gasteiger partial charge in [0.05, 0.1) is 19.0 Å². The summed E-state index contributed by atoms with van der Waals surface area (Å²) in [5, 5.41) is 13.5. The minimum atomic E-state index is -3.48. The number of fused-ring (bicyclic) bond motifs is 1. The summed E-state index contributed by atoms with van der Waals surface area (Å²) in [6, 6.07) is 6.69. The molecule has 10 heteroatoms. The number of unbranched alkanes of at least 4 members (excludes halogenated alkanes) is 1. The number of carbonyl (C=O) groups is 2. The normalized spacial score (nSPS) is 17.4. The maximum absolute atomic E-state index is 13.3. The zero-order chi connectivity index (χ0) is 26.4. The van der Waals surface area contributed by atoms with E-state index in [1.54, 1.807) is 6.92 Å². The lowest BCUT2D eigenvalue weighted by Gasteiger charge is -2.38. The van der Waals surface area contributed by atoms with Crippen molar-refractivity contribution in [3.63, 3.8) is 0 Å². The average molecular weight is 511 g/mol. The number of hydrogen-bond donors (Lipinski definition) is 3. The Morgan fingerprint density at radius 2 is 1.91 bits per heavy atom. The molecule has 198 valence electrons. The first-order valence-corrected chi connectivity index (χ1v) is 14.1. The number of amides is 2. The van der Waals surface area contributed by atoms with E-state index in [2.05, 4.69) is 12.2 Å². The molecule has 0 radical (unpaired) electrons. The van der Waals surface area contributed by atoms with Crippen LogP contribution in [0.25, 0.3) is 0 Å². The van der Waals surface area contributed by atoms with Crippen LogP contribution in [0, 0.1) is 11.3 Å². The van der Waals surface area contributed by atoms with Crippen molar-refractivity contribution in [2.45, 2.75) is 78.5 Å². The summed E-state index contributed by atoms with van der Waals surface area (Å²) >= 11 is 0. The number of nitrogens with zero attached hydrogens (tertiary/aromatic N) is 2. The minimum absolute atomic E-state index is 0.0376. The fourth-order valence-electron chi connectivity index (χ4n) is 4.37. The summed E-state index contributed by atoms with van der Waals surface area (Å²) in [7, 11) is -3.48. The van der Waals surface area contributed by atoms with Crippen LogP contribution >= 0.6 is 0 Å². The highest BCUT2D eigenvalue weighted by molar-refractivity contribution is 7.88. The lowest BCUT2D eigenvalue weighted by Crippen LogP contribution is -2.49. The first-order chi connectivity index (χ1) is 16.2. The average Bonchev–Trinajstić information content (AvgIpc) is 2.76. The molecule has 0 spiro atoms. The minimum Gasteiger partial charge on any atom is -0.391 e. The van der Waals surface area contributed by atoms with Gasteiger partial charge in [0.2, 0.25) is 21.8 Å². The molecule has 0 fully saturated rings. The molecule has 1 aliphatic rings. The molecule has 35 heavy (non-hydrogen) atoms. The molecule has 0 saturated carbocycles. The summed E-state index contributed by atoms with van der Waals surface area (Å²) in [6.07, 6.45) is 2.90. The zero-order valence-corrected chi connectivity index (χ0v) is 22.5. The van der Waals surface area contributed by atoms with Crippen molar-refractivity contribution in [3.05, 3.63) is 29.8 Å². The summed E-state index contributed by atoms with van der Waals surface area (Å²) in [5.41, 5.74) is 7.22. The largest absolute Gasteiger partial charge is 0.391 e. The molecule has 0 aromatic heterocycles. The summed E-state index contributed by atoms with van der Waals surface area (Å²) in [4.78, 5) is 27.1. The van der Waals surface area contributed by atoms with E-state index in [0.717, 1.165) is 24.7 Å². The molecule has 0 aliphatic carbocycles. The molecular weight excluding hydrogens is 468 g/mol. The van der Waals surface area contributed by atoms with Crippen molar-refractivity contribution in [1.82, 2.24) is 9.62 Å². The monoisotopic (exact) mass is 510 g/mol. The third kappa shape index (κ3) is 8.56. The molecule has 1 heterocycles. The number of aliphatic hydroxyl groups excluding tert-OH is 1. The highest BCUT2D eigenvalue weighted by Gasteiger charge is 2.35. The third-order valence-corrected chi connectivity index (χ3v) is 7.67. The number of aliphatic hydroxyl groups is 1. The van der Waals surface area contributed by atoms with Crippen molar-refractivity contribution >= 4 is 27.5 Å². The van der Waals surface area contributed by atoms with Gasteiger partial charge in [0.25, 0.3) is 0 Å². The van der Waals surface area contributed by atoms with Crippen molar-refractivity contribution in [2.24, 2.45) is 17.1 Å². The van der Waals surface area contributed by atoms with E-state index >= 15 is 0 Å². The van der Waals surface area contributed by atoms with Crippen LogP contribution in [0.4, 0.5) is 5.69 Å². The SMILES string of the molecule is CCCCNC(=O)[C@H](C)C[C@H](O)[C@@H](N)CC(C)(C)CC(=O)N1CN(S(C)(=O)=O)Cc2ccccc21. The first-order valence-electron chi connectivity index (χ1n) is 12.3. The van der Waals surface area contributed by atoms with E-state index in [4.69, 9.17) is 5.73 Å². The van der Waals surface area contributed by atoms with Crippen LogP contribution in [0.1, 0.15) is 65.4 Å². The Bertz CT molecular complexity index is 982. The Morgan fingerprint density at radius 3 is 2.54 bits per heavy atom. The maximum atomic E-state index is 13.3. The molecule has 4 N–H and O–H groups in total. The van der Waals surface area contributed by atoms with Gasteiger partial charge in [-0.25, -0.2) is 8.42 Å². The molecular formula is C25H42N4O5S. The van der Waals surface area contributed by atoms with E-state index in [1.165, 1.54) is 9.21 Å². The third-order valence-electron chi connectivity index (χ3n) is 6.48. The second-order valence-corrected chi connectivity index (χ2v) is 12.5. The molecule has 1 aliphatic heterocycles. The topological polar surface area (TPSA) is 133 Å². The Morgan fingerprint density at radius 1 is 1.26 bits per heavy atom. The fourth-order valence-corrected chi connectivity index (χ4v) is 5.07. The maximum Gasteiger partial charge on any atom is 0.228 e. The number of sulfonamides is 1. The molecule has 1 aromatic rings. The Labute approximate surface area is 210 Å². The number of rotatable bonds is 12. The van der Waals surface area contributed by atoms with Gasteiger partial charge in [-0.05, 0) is 36.3 Å². The molecule has 9 nitrogen and oxygen atoms in total. The van der Waals surface area contributed by atoms with Gasteiger partial charge < -0.3 is 16.2 Å². The first kappa shape index (κ1) is 29.2. The summed E-state index contributed by atoms with van der Waals surface area (Å²) in [6.45, 7) is 8.44. The smallest absolute Gasteiger partial charge is 0.228 e. The lowest BCUT2D eigenvalue weighted by molar-refractivity contribution is -0.125. The predicted octanol–water partition coefficient (Wildman–Crippen LogP) is 2.19. The van der Waals surface area contributed by atoms with Gasteiger partial charge in [-0.3, -0.25) is 14.5 Å². The molecule has 1 aromatic carbocycles. The Balaban J connectivity index is 2.01. The standard InChI is InChI=1S/C25H42N4O5S/c1-6-7-12-27-24(32)18(2)13-22(30)20(26)14-25(3,4)15-23(31)29-17-28(35(5,33)34)16-19-10-8-9-11-21(19)29/h8-11,18,20,22,30H,6-7,12-17,26H2,1-5H3,(H,27,32)/t18-,20+,22+/m1/s1. The van der Waals surface area contributed by atoms with Gasteiger partial charge in [-0.15, -0.1) is 0 Å². The van der Waals surface area contributed by atoms with Gasteiger partial charge >= 0.3 is 0 Å². The lowest BCUT2D eigenvalue weighted by atomic mass is 9.80. The van der Waals surface area contributed by atoms with E-state index in [1.807, 2.05) is 38.1 Å². The van der Waals surface area contributed by atoms with Crippen LogP contribution in [0.5, 0.6) is 0 Å². The van der Waals surface area contributed by atoms with Crippen molar-refractivity contribution in [3.8, 4) is 0 Å². The van der Waals surface area contributed by atoms with Crippen molar-refractivity contribution in [2.75, 3.05) is 24.4 Å². The molecule has 2 rings (SSSR count). The second kappa shape index (κ2) is 12.3. The summed E-state index contributed by atoms with van der Waals surface area (Å²) < 4.78 is 25.7. The van der Waals surface area contributed by atoms with Crippen LogP contribution in [-0.2, 0) is 26.2 Å². The van der Waals surface area contributed by atoms with Crippen molar-refractivity contribution in [1.29, 1.82) is 0 Å². The fraction of sp³-hybridized carbons (Fsp3) is 0.680. The molecule has 3 atom stereocenters. The molecule has 0 saturated heterocycles. The quantitative estimate of drug-likeness (QED) is 0.369. The van der Waals surface area contributed by atoms with Crippen LogP contribution < -0.4 is 16.0 Å². The van der Waals surface area contributed by atoms with Crippen molar-refractivity contribution < 1.29 is 23.1 Å². The second-order valence-electron chi connectivity index (χ2n) is 10.5. The number of hydrogen-bond acceptors (Lipinski definition) is 6. The number of anilines is 1. The van der Waals surface area contributed by atoms with Crippen LogP contribution in [-0.4, -0.2) is 61.3 Å². The molecule has 0 bridgehead atoms. The highest BCUT2D eigenvalue weighted by atomic mass is 32.2. The number of nitrogens with one attached hydrogen (secondary N) is 1. The van der Waals surface area contributed by atoms with Gasteiger partial charge in [0, 0.05) is 37.2 Å². The van der Waals surface area contributed by atoms with Gasteiger partial charge in [-0.2, -0.15) is 4.31 Å². The number of carbonyl (C=O) groups excluding carboxylic acids is 2. The zero-order valence-electron chi connectivity index (χ0n) is 21.7. The number of benzene rings is 1. The van der Waals surface area contributed by atoms with Crippen LogP contribution in [0.15, 0.2) is 24.3 Å². The highest BCUT2D eigenvalue weighted by Crippen LogP contribution is 2.33. The number of para-hydroxylation sites is 1.